The van der Waals surface area contributed by atoms with E-state index < -0.39 is 8.38 Å². The smallest absolute Gasteiger partial charge is 0.205 e. The Balaban J connectivity index is 1.64. The topological polar surface area (TPSA) is 18.5 Å². The van der Waals surface area contributed by atoms with Crippen LogP contribution in [0.4, 0.5) is 0 Å². The molecule has 21 heavy (non-hydrogen) atoms. The van der Waals surface area contributed by atoms with Crippen molar-refractivity contribution < 1.29 is 9.05 Å². The number of hydrogen-bond donors (Lipinski definition) is 0. The zero-order valence-corrected chi connectivity index (χ0v) is 13.8. The summed E-state index contributed by atoms with van der Waals surface area (Å²) in [5, 5.41) is 1.24. The van der Waals surface area contributed by atoms with Crippen LogP contribution in [0.15, 0.2) is 30.3 Å². The average Bonchev–Trinajstić information content (AvgIpc) is 2.57. The van der Waals surface area contributed by atoms with Gasteiger partial charge >= 0.3 is 0 Å². The molecule has 0 radical (unpaired) electrons. The third-order valence-corrected chi connectivity index (χ3v) is 6.26. The molecule has 2 fully saturated rings. The fraction of sp³-hybridized carbons (Fsp3) is 0.667. The van der Waals surface area contributed by atoms with Gasteiger partial charge in [-0.15, -0.1) is 0 Å². The van der Waals surface area contributed by atoms with Crippen molar-refractivity contribution in [2.45, 2.75) is 76.4 Å². The van der Waals surface area contributed by atoms with Crippen molar-refractivity contribution >= 4 is 13.7 Å². The van der Waals surface area contributed by atoms with Gasteiger partial charge in [0.05, 0.1) is 12.2 Å². The molecule has 0 atom stereocenters. The lowest BCUT2D eigenvalue weighted by Crippen LogP contribution is -2.22. The van der Waals surface area contributed by atoms with Gasteiger partial charge < -0.3 is 9.05 Å². The van der Waals surface area contributed by atoms with Crippen molar-refractivity contribution in [3.05, 3.63) is 30.3 Å². The largest absolute Gasteiger partial charge is 0.327 e. The van der Waals surface area contributed by atoms with E-state index in [1.54, 1.807) is 0 Å². The van der Waals surface area contributed by atoms with Crippen LogP contribution in [0.3, 0.4) is 0 Å². The molecule has 3 rings (SSSR count). The Bertz CT molecular complexity index is 377. The molecule has 2 nitrogen and oxygen atoms in total. The molecule has 116 valence electrons. The fourth-order valence-electron chi connectivity index (χ4n) is 3.31. The molecule has 0 amide bonds. The first-order valence-electron chi connectivity index (χ1n) is 8.60. The third kappa shape index (κ3) is 4.77. The first kappa shape index (κ1) is 15.5. The van der Waals surface area contributed by atoms with Gasteiger partial charge in [-0.25, -0.2) is 0 Å². The van der Waals surface area contributed by atoms with Crippen LogP contribution >= 0.6 is 8.38 Å². The summed E-state index contributed by atoms with van der Waals surface area (Å²) in [5.41, 5.74) is 0. The SMILES string of the molecule is c1ccc(P(OC2CCCCC2)OC2CCCCC2)cc1. The second-order valence-corrected chi connectivity index (χ2v) is 7.78. The van der Waals surface area contributed by atoms with E-state index in [9.17, 15) is 0 Å². The Morgan fingerprint density at radius 1 is 0.667 bits per heavy atom. The van der Waals surface area contributed by atoms with Crippen LogP contribution < -0.4 is 5.30 Å². The van der Waals surface area contributed by atoms with Crippen molar-refractivity contribution in [2.24, 2.45) is 0 Å². The van der Waals surface area contributed by atoms with E-state index in [2.05, 4.69) is 30.3 Å². The lowest BCUT2D eigenvalue weighted by atomic mass is 9.98. The van der Waals surface area contributed by atoms with Crippen LogP contribution in [0.1, 0.15) is 64.2 Å². The van der Waals surface area contributed by atoms with Gasteiger partial charge in [-0.2, -0.15) is 0 Å². The predicted octanol–water partition coefficient (Wildman–Crippen LogP) is 5.32. The van der Waals surface area contributed by atoms with Gasteiger partial charge in [0.1, 0.15) is 0 Å². The second kappa shape index (κ2) is 8.27. The van der Waals surface area contributed by atoms with Crippen molar-refractivity contribution in [3.8, 4) is 0 Å². The van der Waals surface area contributed by atoms with E-state index in [0.717, 1.165) is 0 Å². The summed E-state index contributed by atoms with van der Waals surface area (Å²) < 4.78 is 12.8. The van der Waals surface area contributed by atoms with E-state index in [4.69, 9.17) is 9.05 Å². The molecule has 0 saturated heterocycles. The highest BCUT2D eigenvalue weighted by Gasteiger charge is 2.25. The summed E-state index contributed by atoms with van der Waals surface area (Å²) >= 11 is 0. The molecule has 0 unspecified atom stereocenters. The lowest BCUT2D eigenvalue weighted by Gasteiger charge is -2.31. The van der Waals surface area contributed by atoms with E-state index in [-0.39, 0.29) is 0 Å². The molecular formula is C18H27O2P. The normalized spacial score (nSPS) is 21.8. The summed E-state index contributed by atoms with van der Waals surface area (Å²) in [6.07, 6.45) is 13.6. The number of hydrogen-bond acceptors (Lipinski definition) is 2. The van der Waals surface area contributed by atoms with Crippen LogP contribution in [-0.4, -0.2) is 12.2 Å². The summed E-state index contributed by atoms with van der Waals surface area (Å²) in [6, 6.07) is 10.6. The minimum atomic E-state index is -0.901. The van der Waals surface area contributed by atoms with Gasteiger partial charge in [-0.1, -0.05) is 56.7 Å². The van der Waals surface area contributed by atoms with E-state index in [1.165, 1.54) is 69.5 Å². The predicted molar refractivity (Wildman–Crippen MR) is 88.9 cm³/mol. The second-order valence-electron chi connectivity index (χ2n) is 6.32. The first-order chi connectivity index (χ1) is 10.4. The van der Waals surface area contributed by atoms with E-state index in [0.29, 0.717) is 12.2 Å². The Labute approximate surface area is 130 Å². The van der Waals surface area contributed by atoms with Crippen molar-refractivity contribution in [2.75, 3.05) is 0 Å². The van der Waals surface area contributed by atoms with Crippen molar-refractivity contribution in [3.63, 3.8) is 0 Å². The minimum absolute atomic E-state index is 0.411. The van der Waals surface area contributed by atoms with Crippen LogP contribution in [-0.2, 0) is 9.05 Å². The van der Waals surface area contributed by atoms with E-state index >= 15 is 0 Å². The van der Waals surface area contributed by atoms with Gasteiger partial charge in [0, 0.05) is 5.30 Å². The molecule has 0 bridgehead atoms. The molecule has 0 spiro atoms. The molecule has 2 aliphatic carbocycles. The quantitative estimate of drug-likeness (QED) is 0.685. The zero-order valence-electron chi connectivity index (χ0n) is 12.9. The molecule has 0 N–H and O–H groups in total. The maximum atomic E-state index is 6.42. The molecule has 1 aromatic carbocycles. The van der Waals surface area contributed by atoms with Gasteiger partial charge in [0.15, 0.2) is 0 Å². The maximum Gasteiger partial charge on any atom is 0.205 e. The Morgan fingerprint density at radius 3 is 1.62 bits per heavy atom. The summed E-state index contributed by atoms with van der Waals surface area (Å²) in [7, 11) is -0.901. The minimum Gasteiger partial charge on any atom is -0.327 e. The molecule has 2 aliphatic rings. The molecule has 2 saturated carbocycles. The van der Waals surface area contributed by atoms with E-state index in [1.807, 2.05) is 0 Å². The zero-order chi connectivity index (χ0) is 14.3. The van der Waals surface area contributed by atoms with Gasteiger partial charge in [-0.05, 0) is 37.8 Å². The Kier molecular flexibility index (Phi) is 6.09. The Hall–Kier alpha value is -0.430. The standard InChI is InChI=1S/C18H27O2P/c1-4-10-16(11-5-1)19-21(18-14-8-3-9-15-18)20-17-12-6-2-7-13-17/h3,8-9,14-17H,1-2,4-7,10-13H2. The summed E-state index contributed by atoms with van der Waals surface area (Å²) in [4.78, 5) is 0. The molecule has 3 heteroatoms. The van der Waals surface area contributed by atoms with Gasteiger partial charge in [0.25, 0.3) is 0 Å². The molecule has 0 aliphatic heterocycles. The van der Waals surface area contributed by atoms with Crippen LogP contribution in [0.2, 0.25) is 0 Å². The Morgan fingerprint density at radius 2 is 1.14 bits per heavy atom. The lowest BCUT2D eigenvalue weighted by molar-refractivity contribution is 0.107. The molecular weight excluding hydrogens is 279 g/mol. The average molecular weight is 306 g/mol. The van der Waals surface area contributed by atoms with Crippen molar-refractivity contribution in [1.82, 2.24) is 0 Å². The molecule has 0 heterocycles. The van der Waals surface area contributed by atoms with Crippen LogP contribution in [0.25, 0.3) is 0 Å². The summed E-state index contributed by atoms with van der Waals surface area (Å²) in [5.74, 6) is 0. The fourth-order valence-corrected chi connectivity index (χ4v) is 4.98. The highest BCUT2D eigenvalue weighted by Crippen LogP contribution is 2.44. The van der Waals surface area contributed by atoms with Crippen LogP contribution in [0.5, 0.6) is 0 Å². The highest BCUT2D eigenvalue weighted by molar-refractivity contribution is 7.56. The summed E-state index contributed by atoms with van der Waals surface area (Å²) in [6.45, 7) is 0. The third-order valence-electron chi connectivity index (χ3n) is 4.56. The number of benzene rings is 1. The monoisotopic (exact) mass is 306 g/mol. The van der Waals surface area contributed by atoms with Gasteiger partial charge in [0.2, 0.25) is 8.38 Å². The van der Waals surface area contributed by atoms with Gasteiger partial charge in [-0.3, -0.25) is 0 Å². The number of rotatable bonds is 5. The molecule has 1 aromatic rings. The first-order valence-corrected chi connectivity index (χ1v) is 9.78. The van der Waals surface area contributed by atoms with Crippen molar-refractivity contribution in [1.29, 1.82) is 0 Å². The maximum absolute atomic E-state index is 6.42. The molecule has 0 aromatic heterocycles. The highest BCUT2D eigenvalue weighted by atomic mass is 31.2. The van der Waals surface area contributed by atoms with Crippen LogP contribution in [0, 0.1) is 0 Å².